The Bertz CT molecular complexity index is 1010. The molecule has 10 heteroatoms. The first-order valence-corrected chi connectivity index (χ1v) is 9.35. The normalized spacial score (nSPS) is 11.4. The summed E-state index contributed by atoms with van der Waals surface area (Å²) in [6.07, 6.45) is 2.47. The number of aromatic nitrogens is 4. The van der Waals surface area contributed by atoms with E-state index in [1.54, 1.807) is 29.2 Å². The number of pyridine rings is 2. The number of amides is 1. The molecule has 3 aromatic heterocycles. The second kappa shape index (κ2) is 9.13. The highest BCUT2D eigenvalue weighted by molar-refractivity contribution is 6.31. The van der Waals surface area contributed by atoms with Crippen molar-refractivity contribution in [2.24, 2.45) is 0 Å². The maximum Gasteiger partial charge on any atom is 0.272 e. The highest BCUT2D eigenvalue weighted by atomic mass is 35.5. The van der Waals surface area contributed by atoms with Crippen LogP contribution in [-0.4, -0.2) is 44.7 Å². The third kappa shape index (κ3) is 5.60. The molecular formula is C19H20ClF2N5O2. The van der Waals surface area contributed by atoms with Gasteiger partial charge >= 0.3 is 0 Å². The Balaban J connectivity index is 1.76. The summed E-state index contributed by atoms with van der Waals surface area (Å²) in [6.45, 7) is 3.38. The van der Waals surface area contributed by atoms with E-state index in [2.05, 4.69) is 20.4 Å². The monoisotopic (exact) mass is 423 g/mol. The van der Waals surface area contributed by atoms with Gasteiger partial charge in [0, 0.05) is 30.0 Å². The van der Waals surface area contributed by atoms with Crippen molar-refractivity contribution < 1.29 is 18.3 Å². The molecule has 0 saturated carbocycles. The van der Waals surface area contributed by atoms with E-state index >= 15 is 0 Å². The van der Waals surface area contributed by atoms with Crippen molar-refractivity contribution in [3.63, 3.8) is 0 Å². The molecule has 0 fully saturated rings. The molecule has 3 rings (SSSR count). The van der Waals surface area contributed by atoms with Gasteiger partial charge in [0.2, 0.25) is 11.8 Å². The predicted octanol–water partition coefficient (Wildman–Crippen LogP) is 3.24. The van der Waals surface area contributed by atoms with E-state index in [4.69, 9.17) is 16.3 Å². The number of fused-ring (bicyclic) bond motifs is 1. The average Bonchev–Trinajstić information content (AvgIpc) is 3.03. The van der Waals surface area contributed by atoms with Gasteiger partial charge in [0.15, 0.2) is 6.61 Å². The molecule has 0 unspecified atom stereocenters. The largest absolute Gasteiger partial charge is 0.471 e. The first-order chi connectivity index (χ1) is 13.8. The van der Waals surface area contributed by atoms with Crippen LogP contribution in [0.3, 0.4) is 0 Å². The number of hydrogen-bond donors (Lipinski definition) is 1. The fourth-order valence-electron chi connectivity index (χ4n) is 2.78. The van der Waals surface area contributed by atoms with Gasteiger partial charge in [-0.2, -0.15) is 5.10 Å². The van der Waals surface area contributed by atoms with E-state index in [0.29, 0.717) is 17.8 Å². The van der Waals surface area contributed by atoms with Gasteiger partial charge in [0.1, 0.15) is 5.02 Å². The van der Waals surface area contributed by atoms with Crippen LogP contribution in [-0.2, 0) is 17.8 Å². The molecule has 3 aromatic rings. The van der Waals surface area contributed by atoms with Crippen LogP contribution in [0.25, 0.3) is 10.9 Å². The number of nitrogens with one attached hydrogen (secondary N) is 1. The highest BCUT2D eigenvalue weighted by Gasteiger charge is 2.13. The van der Waals surface area contributed by atoms with E-state index in [1.807, 2.05) is 13.8 Å². The molecule has 0 atom stereocenters. The standard InChI is InChI=1S/C19H20ClF2N5O2/c1-11(2)25-18(28)6-16-13-9-27(26-15(13)3-4-23-16)8-12-5-14(20)19(24-7-12)29-10-17(21)22/h3-5,7,9,11,17H,6,8,10H2,1-2H3,(H,25,28). The summed E-state index contributed by atoms with van der Waals surface area (Å²) < 4.78 is 31.1. The Morgan fingerprint density at radius 2 is 2.14 bits per heavy atom. The number of ether oxygens (including phenoxy) is 1. The van der Waals surface area contributed by atoms with E-state index in [0.717, 1.165) is 10.9 Å². The zero-order valence-electron chi connectivity index (χ0n) is 15.9. The van der Waals surface area contributed by atoms with Crippen molar-refractivity contribution in [3.8, 4) is 5.88 Å². The minimum atomic E-state index is -2.60. The molecule has 0 aliphatic carbocycles. The molecule has 0 aromatic carbocycles. The Labute approximate surface area is 171 Å². The lowest BCUT2D eigenvalue weighted by molar-refractivity contribution is -0.120. The maximum absolute atomic E-state index is 12.3. The van der Waals surface area contributed by atoms with Crippen molar-refractivity contribution in [3.05, 3.63) is 47.0 Å². The van der Waals surface area contributed by atoms with Crippen LogP contribution < -0.4 is 10.1 Å². The summed E-state index contributed by atoms with van der Waals surface area (Å²) in [6, 6.07) is 3.41. The van der Waals surface area contributed by atoms with Crippen LogP contribution in [0.2, 0.25) is 5.02 Å². The number of carbonyl (C=O) groups is 1. The molecule has 1 N–H and O–H groups in total. The summed E-state index contributed by atoms with van der Waals surface area (Å²) in [5.74, 6) is -0.146. The van der Waals surface area contributed by atoms with Gasteiger partial charge in [-0.25, -0.2) is 13.8 Å². The number of nitrogens with zero attached hydrogens (tertiary/aromatic N) is 4. The third-order valence-electron chi connectivity index (χ3n) is 3.90. The molecule has 0 aliphatic rings. The molecule has 7 nitrogen and oxygen atoms in total. The van der Waals surface area contributed by atoms with Crippen LogP contribution >= 0.6 is 11.6 Å². The smallest absolute Gasteiger partial charge is 0.272 e. The van der Waals surface area contributed by atoms with E-state index < -0.39 is 13.0 Å². The number of hydrogen-bond acceptors (Lipinski definition) is 5. The minimum absolute atomic E-state index is 0.0380. The SMILES string of the molecule is CC(C)NC(=O)Cc1nccc2nn(Cc3cnc(OCC(F)F)c(Cl)c3)cc12. The van der Waals surface area contributed by atoms with E-state index in [1.165, 1.54) is 6.20 Å². The molecule has 29 heavy (non-hydrogen) atoms. The maximum atomic E-state index is 12.3. The van der Waals surface area contributed by atoms with Crippen LogP contribution in [0.4, 0.5) is 8.78 Å². The molecular weight excluding hydrogens is 404 g/mol. The average molecular weight is 424 g/mol. The number of rotatable bonds is 8. The van der Waals surface area contributed by atoms with Crippen LogP contribution in [0.15, 0.2) is 30.7 Å². The summed E-state index contributed by atoms with van der Waals surface area (Å²) in [5.41, 5.74) is 2.07. The summed E-state index contributed by atoms with van der Waals surface area (Å²) in [7, 11) is 0. The lowest BCUT2D eigenvalue weighted by Crippen LogP contribution is -2.31. The first kappa shape index (κ1) is 20.9. The van der Waals surface area contributed by atoms with Crippen LogP contribution in [0.1, 0.15) is 25.1 Å². The van der Waals surface area contributed by atoms with E-state index in [-0.39, 0.29) is 29.3 Å². The Morgan fingerprint density at radius 1 is 1.34 bits per heavy atom. The molecule has 1 amide bonds. The molecule has 0 spiro atoms. The number of alkyl halides is 2. The second-order valence-corrected chi connectivity index (χ2v) is 7.16. The van der Waals surface area contributed by atoms with Crippen molar-refractivity contribution in [2.45, 2.75) is 39.3 Å². The predicted molar refractivity (Wildman–Crippen MR) is 104 cm³/mol. The molecule has 0 bridgehead atoms. The topological polar surface area (TPSA) is 81.9 Å². The molecule has 154 valence electrons. The summed E-state index contributed by atoms with van der Waals surface area (Å²) >= 11 is 6.07. The van der Waals surface area contributed by atoms with Gasteiger partial charge in [-0.3, -0.25) is 14.5 Å². The first-order valence-electron chi connectivity index (χ1n) is 8.97. The number of carbonyl (C=O) groups excluding carboxylic acids is 1. The van der Waals surface area contributed by atoms with Crippen molar-refractivity contribution in [1.29, 1.82) is 0 Å². The zero-order valence-corrected chi connectivity index (χ0v) is 16.7. The van der Waals surface area contributed by atoms with Crippen molar-refractivity contribution >= 4 is 28.4 Å². The Hall–Kier alpha value is -2.81. The molecule has 0 saturated heterocycles. The van der Waals surface area contributed by atoms with Gasteiger partial charge in [-0.05, 0) is 31.5 Å². The van der Waals surface area contributed by atoms with Crippen LogP contribution in [0.5, 0.6) is 5.88 Å². The molecule has 0 radical (unpaired) electrons. The van der Waals surface area contributed by atoms with Crippen LogP contribution in [0, 0.1) is 0 Å². The van der Waals surface area contributed by atoms with Gasteiger partial charge in [0.25, 0.3) is 6.43 Å². The quantitative estimate of drug-likeness (QED) is 0.601. The fraction of sp³-hybridized carbons (Fsp3) is 0.368. The fourth-order valence-corrected chi connectivity index (χ4v) is 3.03. The Morgan fingerprint density at radius 3 is 2.83 bits per heavy atom. The van der Waals surface area contributed by atoms with Gasteiger partial charge in [0.05, 0.1) is 24.2 Å². The summed E-state index contributed by atoms with van der Waals surface area (Å²) in [5, 5.41) is 8.26. The lowest BCUT2D eigenvalue weighted by atomic mass is 10.2. The van der Waals surface area contributed by atoms with Gasteiger partial charge in [-0.15, -0.1) is 0 Å². The van der Waals surface area contributed by atoms with Gasteiger partial charge < -0.3 is 10.1 Å². The van der Waals surface area contributed by atoms with E-state index in [9.17, 15) is 13.6 Å². The van der Waals surface area contributed by atoms with Crippen molar-refractivity contribution in [2.75, 3.05) is 6.61 Å². The molecule has 3 heterocycles. The zero-order chi connectivity index (χ0) is 21.0. The van der Waals surface area contributed by atoms with Gasteiger partial charge in [-0.1, -0.05) is 11.6 Å². The minimum Gasteiger partial charge on any atom is -0.471 e. The summed E-state index contributed by atoms with van der Waals surface area (Å²) in [4.78, 5) is 20.4. The third-order valence-corrected chi connectivity index (χ3v) is 4.17. The second-order valence-electron chi connectivity index (χ2n) is 6.75. The van der Waals surface area contributed by atoms with Crippen molar-refractivity contribution in [1.82, 2.24) is 25.1 Å². The molecule has 0 aliphatic heterocycles. The lowest BCUT2D eigenvalue weighted by Gasteiger charge is -2.08. The Kier molecular flexibility index (Phi) is 6.58. The number of halogens is 3. The highest BCUT2D eigenvalue weighted by Crippen LogP contribution is 2.24.